The summed E-state index contributed by atoms with van der Waals surface area (Å²) in [6.07, 6.45) is 0. The van der Waals surface area contributed by atoms with Gasteiger partial charge in [-0.3, -0.25) is 14.6 Å². The number of nitrogens with zero attached hydrogens (tertiary/aromatic N) is 4. The van der Waals surface area contributed by atoms with Gasteiger partial charge in [-0.25, -0.2) is 0 Å². The highest BCUT2D eigenvalue weighted by molar-refractivity contribution is 5.78. The first-order chi connectivity index (χ1) is 15.6. The van der Waals surface area contributed by atoms with Crippen LogP contribution in [0.4, 0.5) is 0 Å². The lowest BCUT2D eigenvalue weighted by molar-refractivity contribution is -0.122. The van der Waals surface area contributed by atoms with Crippen molar-refractivity contribution in [2.24, 2.45) is 0 Å². The molecule has 3 aromatic rings. The van der Waals surface area contributed by atoms with Crippen LogP contribution in [-0.4, -0.2) is 65.7 Å². The largest absolute Gasteiger partial charge is 0.497 e. The van der Waals surface area contributed by atoms with Gasteiger partial charge in [-0.1, -0.05) is 47.1 Å². The highest BCUT2D eigenvalue weighted by Crippen LogP contribution is 2.17. The van der Waals surface area contributed by atoms with Crippen molar-refractivity contribution < 1.29 is 14.1 Å². The molecule has 0 radical (unpaired) electrons. The van der Waals surface area contributed by atoms with Gasteiger partial charge in [0.05, 0.1) is 20.2 Å². The van der Waals surface area contributed by atoms with Gasteiger partial charge in [0.1, 0.15) is 5.75 Å². The Bertz CT molecular complexity index is 1010. The predicted octanol–water partition coefficient (Wildman–Crippen LogP) is 2.49. The van der Waals surface area contributed by atoms with Gasteiger partial charge in [0, 0.05) is 38.3 Å². The standard InChI is InChI=1S/C24H29N5O3/c1-18-3-7-20(8-4-18)24-26-23(32-27-24)17-29-13-11-28(12-14-29)16-22(30)25-15-19-5-9-21(31-2)10-6-19/h3-10H,11-17H2,1-2H3,(H,25,30). The summed E-state index contributed by atoms with van der Waals surface area (Å²) in [7, 11) is 1.64. The monoisotopic (exact) mass is 435 g/mol. The lowest BCUT2D eigenvalue weighted by Crippen LogP contribution is -2.49. The molecule has 2 aromatic carbocycles. The average Bonchev–Trinajstić information content (AvgIpc) is 3.28. The Kier molecular flexibility index (Phi) is 7.14. The number of piperazine rings is 1. The summed E-state index contributed by atoms with van der Waals surface area (Å²) >= 11 is 0. The third kappa shape index (κ3) is 5.93. The van der Waals surface area contributed by atoms with Crippen LogP contribution < -0.4 is 10.1 Å². The molecule has 1 saturated heterocycles. The zero-order valence-corrected chi connectivity index (χ0v) is 18.6. The van der Waals surface area contributed by atoms with Gasteiger partial charge in [-0.05, 0) is 24.6 Å². The van der Waals surface area contributed by atoms with Gasteiger partial charge < -0.3 is 14.6 Å². The number of methoxy groups -OCH3 is 1. The smallest absolute Gasteiger partial charge is 0.241 e. The van der Waals surface area contributed by atoms with Crippen molar-refractivity contribution in [2.45, 2.75) is 20.0 Å². The summed E-state index contributed by atoms with van der Waals surface area (Å²) in [6, 6.07) is 15.8. The third-order valence-corrected chi connectivity index (χ3v) is 5.62. The van der Waals surface area contributed by atoms with E-state index in [9.17, 15) is 4.79 Å². The molecule has 32 heavy (non-hydrogen) atoms. The van der Waals surface area contributed by atoms with E-state index in [0.29, 0.717) is 31.3 Å². The maximum absolute atomic E-state index is 12.3. The van der Waals surface area contributed by atoms with Crippen molar-refractivity contribution in [3.8, 4) is 17.1 Å². The van der Waals surface area contributed by atoms with E-state index in [1.807, 2.05) is 48.5 Å². The molecule has 1 amide bonds. The molecule has 0 unspecified atom stereocenters. The van der Waals surface area contributed by atoms with E-state index in [1.54, 1.807) is 7.11 Å². The number of nitrogens with one attached hydrogen (secondary N) is 1. The Morgan fingerprint density at radius 3 is 2.41 bits per heavy atom. The summed E-state index contributed by atoms with van der Waals surface area (Å²) in [5.41, 5.74) is 3.20. The number of hydrogen-bond acceptors (Lipinski definition) is 7. The van der Waals surface area contributed by atoms with Crippen LogP contribution in [-0.2, 0) is 17.9 Å². The van der Waals surface area contributed by atoms with Gasteiger partial charge >= 0.3 is 0 Å². The molecule has 1 aliphatic heterocycles. The van der Waals surface area contributed by atoms with Crippen molar-refractivity contribution in [1.29, 1.82) is 0 Å². The number of hydrogen-bond donors (Lipinski definition) is 1. The Morgan fingerprint density at radius 1 is 1.03 bits per heavy atom. The predicted molar refractivity (Wildman–Crippen MR) is 121 cm³/mol. The molecule has 0 aliphatic carbocycles. The van der Waals surface area contributed by atoms with Crippen molar-refractivity contribution in [3.05, 3.63) is 65.5 Å². The van der Waals surface area contributed by atoms with Crippen LogP contribution in [0.15, 0.2) is 53.1 Å². The highest BCUT2D eigenvalue weighted by Gasteiger charge is 2.21. The quantitative estimate of drug-likeness (QED) is 0.582. The number of rotatable bonds is 8. The molecular formula is C24H29N5O3. The highest BCUT2D eigenvalue weighted by atomic mass is 16.5. The van der Waals surface area contributed by atoms with Gasteiger partial charge in [0.2, 0.25) is 17.6 Å². The van der Waals surface area contributed by atoms with E-state index in [-0.39, 0.29) is 5.91 Å². The Hall–Kier alpha value is -3.23. The van der Waals surface area contributed by atoms with E-state index in [1.165, 1.54) is 5.56 Å². The Labute approximate surface area is 188 Å². The third-order valence-electron chi connectivity index (χ3n) is 5.62. The minimum Gasteiger partial charge on any atom is -0.497 e. The maximum atomic E-state index is 12.3. The van der Waals surface area contributed by atoms with Crippen LogP contribution in [0.3, 0.4) is 0 Å². The van der Waals surface area contributed by atoms with Crippen molar-refractivity contribution in [1.82, 2.24) is 25.3 Å². The first-order valence-corrected chi connectivity index (χ1v) is 10.8. The van der Waals surface area contributed by atoms with E-state index < -0.39 is 0 Å². The van der Waals surface area contributed by atoms with Gasteiger partial charge in [0.25, 0.3) is 0 Å². The molecule has 0 spiro atoms. The zero-order chi connectivity index (χ0) is 22.3. The zero-order valence-electron chi connectivity index (χ0n) is 18.6. The summed E-state index contributed by atoms with van der Waals surface area (Å²) in [5.74, 6) is 2.08. The van der Waals surface area contributed by atoms with Crippen LogP contribution in [0.5, 0.6) is 5.75 Å². The number of amides is 1. The molecule has 0 bridgehead atoms. The molecule has 8 heteroatoms. The van der Waals surface area contributed by atoms with Crippen LogP contribution in [0, 0.1) is 6.92 Å². The Balaban J connectivity index is 1.19. The number of carbonyl (C=O) groups is 1. The first kappa shape index (κ1) is 22.0. The van der Waals surface area contributed by atoms with E-state index in [2.05, 4.69) is 32.2 Å². The lowest BCUT2D eigenvalue weighted by atomic mass is 10.1. The van der Waals surface area contributed by atoms with Crippen LogP contribution in [0.1, 0.15) is 17.0 Å². The maximum Gasteiger partial charge on any atom is 0.241 e. The topological polar surface area (TPSA) is 83.7 Å². The molecule has 1 aliphatic rings. The summed E-state index contributed by atoms with van der Waals surface area (Å²) in [4.78, 5) is 21.3. The van der Waals surface area contributed by atoms with E-state index in [4.69, 9.17) is 9.26 Å². The number of aromatic nitrogens is 2. The summed E-state index contributed by atoms with van der Waals surface area (Å²) in [5, 5.41) is 7.10. The molecule has 168 valence electrons. The molecule has 1 aromatic heterocycles. The average molecular weight is 436 g/mol. The molecule has 0 saturated carbocycles. The molecule has 0 atom stereocenters. The van der Waals surface area contributed by atoms with Crippen molar-refractivity contribution >= 4 is 5.91 Å². The number of aryl methyl sites for hydroxylation is 1. The molecule has 8 nitrogen and oxygen atoms in total. The van der Waals surface area contributed by atoms with Crippen molar-refractivity contribution in [2.75, 3.05) is 39.8 Å². The van der Waals surface area contributed by atoms with Gasteiger partial charge in [-0.15, -0.1) is 0 Å². The summed E-state index contributed by atoms with van der Waals surface area (Å²) in [6.45, 7) is 6.96. The van der Waals surface area contributed by atoms with Crippen LogP contribution in [0.2, 0.25) is 0 Å². The molecule has 1 fully saturated rings. The number of ether oxygens (including phenoxy) is 1. The van der Waals surface area contributed by atoms with E-state index in [0.717, 1.165) is 43.1 Å². The fourth-order valence-electron chi connectivity index (χ4n) is 3.64. The van der Waals surface area contributed by atoms with E-state index >= 15 is 0 Å². The second-order valence-electron chi connectivity index (χ2n) is 8.05. The number of carbonyl (C=O) groups excluding carboxylic acids is 1. The SMILES string of the molecule is COc1ccc(CNC(=O)CN2CCN(Cc3nc(-c4ccc(C)cc4)no3)CC2)cc1. The summed E-state index contributed by atoms with van der Waals surface area (Å²) < 4.78 is 10.6. The second kappa shape index (κ2) is 10.4. The fraction of sp³-hybridized carbons (Fsp3) is 0.375. The van der Waals surface area contributed by atoms with Gasteiger partial charge in [0.15, 0.2) is 0 Å². The minimum absolute atomic E-state index is 0.0360. The first-order valence-electron chi connectivity index (χ1n) is 10.8. The van der Waals surface area contributed by atoms with Crippen LogP contribution in [0.25, 0.3) is 11.4 Å². The van der Waals surface area contributed by atoms with Gasteiger partial charge in [-0.2, -0.15) is 4.98 Å². The normalized spacial score (nSPS) is 14.9. The minimum atomic E-state index is 0.0360. The Morgan fingerprint density at radius 2 is 1.72 bits per heavy atom. The molecule has 1 N–H and O–H groups in total. The van der Waals surface area contributed by atoms with Crippen molar-refractivity contribution in [3.63, 3.8) is 0 Å². The molecule has 4 rings (SSSR count). The molecule has 2 heterocycles. The molecular weight excluding hydrogens is 406 g/mol. The van der Waals surface area contributed by atoms with Crippen LogP contribution >= 0.6 is 0 Å². The second-order valence-corrected chi connectivity index (χ2v) is 8.05. The number of benzene rings is 2. The lowest BCUT2D eigenvalue weighted by Gasteiger charge is -2.33. The fourth-order valence-corrected chi connectivity index (χ4v) is 3.64.